The number of nitrogens with zero attached hydrogens (tertiary/aromatic N) is 1. The zero-order valence-electron chi connectivity index (χ0n) is 10.7. The zero-order valence-corrected chi connectivity index (χ0v) is 12.3. The molecule has 1 aromatic carbocycles. The fourth-order valence-corrected chi connectivity index (χ4v) is 2.49. The molecule has 2 unspecified atom stereocenters. The molecular weight excluding hydrogens is 294 g/mol. The molecule has 0 radical (unpaired) electrons. The second-order valence-electron chi connectivity index (χ2n) is 4.85. The Labute approximate surface area is 117 Å². The maximum absolute atomic E-state index is 10.1. The third kappa shape index (κ3) is 3.79. The average Bonchev–Trinajstić information content (AvgIpc) is 2.90. The normalized spacial score (nSPS) is 21.4. The average molecular weight is 314 g/mol. The van der Waals surface area contributed by atoms with E-state index in [1.54, 1.807) is 0 Å². The van der Waals surface area contributed by atoms with Crippen molar-refractivity contribution in [2.24, 2.45) is 0 Å². The van der Waals surface area contributed by atoms with Gasteiger partial charge in [0.1, 0.15) is 0 Å². The molecule has 0 bridgehead atoms. The van der Waals surface area contributed by atoms with Crippen LogP contribution in [0.5, 0.6) is 0 Å². The molecule has 100 valence electrons. The molecule has 1 aromatic rings. The minimum absolute atomic E-state index is 0.386. The molecule has 0 aliphatic carbocycles. The third-order valence-corrected chi connectivity index (χ3v) is 4.07. The summed E-state index contributed by atoms with van der Waals surface area (Å²) in [6.07, 6.45) is 1.47. The largest absolute Gasteiger partial charge is 0.388 e. The number of hydrogen-bond donors (Lipinski definition) is 1. The van der Waals surface area contributed by atoms with Crippen molar-refractivity contribution < 1.29 is 9.84 Å². The monoisotopic (exact) mass is 313 g/mol. The van der Waals surface area contributed by atoms with Crippen LogP contribution in [-0.4, -0.2) is 42.9 Å². The van der Waals surface area contributed by atoms with Crippen molar-refractivity contribution in [2.45, 2.75) is 25.0 Å². The van der Waals surface area contributed by atoms with Gasteiger partial charge in [-0.05, 0) is 37.6 Å². The van der Waals surface area contributed by atoms with Crippen LogP contribution >= 0.6 is 15.9 Å². The van der Waals surface area contributed by atoms with Gasteiger partial charge in [-0.3, -0.25) is 0 Å². The van der Waals surface area contributed by atoms with E-state index in [1.165, 1.54) is 0 Å². The Morgan fingerprint density at radius 2 is 2.17 bits per heavy atom. The molecule has 3 nitrogen and oxygen atoms in total. The van der Waals surface area contributed by atoms with Crippen LogP contribution < -0.4 is 0 Å². The summed E-state index contributed by atoms with van der Waals surface area (Å²) in [7, 11) is 2.10. The molecule has 1 N–H and O–H groups in total. The van der Waals surface area contributed by atoms with Crippen LogP contribution in [-0.2, 0) is 4.74 Å². The standard InChI is InChI=1S/C14H20BrNO2/c1-16(13-7-9-18-10-13)8-6-14(17)11-2-4-12(15)5-3-11/h2-5,13-14,17H,6-10H2,1H3. The van der Waals surface area contributed by atoms with E-state index < -0.39 is 0 Å². The number of rotatable bonds is 5. The molecule has 0 saturated carbocycles. The summed E-state index contributed by atoms with van der Waals surface area (Å²) in [5.41, 5.74) is 0.981. The van der Waals surface area contributed by atoms with Gasteiger partial charge in [-0.25, -0.2) is 0 Å². The number of ether oxygens (including phenoxy) is 1. The summed E-state index contributed by atoms with van der Waals surface area (Å²) >= 11 is 3.40. The van der Waals surface area contributed by atoms with Gasteiger partial charge in [0.15, 0.2) is 0 Å². The third-order valence-electron chi connectivity index (χ3n) is 3.54. The molecule has 1 fully saturated rings. The highest BCUT2D eigenvalue weighted by atomic mass is 79.9. The summed E-state index contributed by atoms with van der Waals surface area (Å²) < 4.78 is 6.41. The highest BCUT2D eigenvalue weighted by Crippen LogP contribution is 2.20. The lowest BCUT2D eigenvalue weighted by Gasteiger charge is -2.24. The maximum atomic E-state index is 10.1. The molecule has 1 aliphatic rings. The highest BCUT2D eigenvalue weighted by molar-refractivity contribution is 9.10. The van der Waals surface area contributed by atoms with Crippen molar-refractivity contribution in [1.82, 2.24) is 4.90 Å². The Morgan fingerprint density at radius 3 is 2.78 bits per heavy atom. The number of aliphatic hydroxyl groups excluding tert-OH is 1. The van der Waals surface area contributed by atoms with Crippen LogP contribution in [0, 0.1) is 0 Å². The molecule has 0 aromatic heterocycles. The van der Waals surface area contributed by atoms with Crippen LogP contribution in [0.25, 0.3) is 0 Å². The summed E-state index contributed by atoms with van der Waals surface area (Å²) in [6, 6.07) is 8.38. The summed E-state index contributed by atoms with van der Waals surface area (Å²) in [4.78, 5) is 2.29. The minimum atomic E-state index is -0.386. The lowest BCUT2D eigenvalue weighted by atomic mass is 10.1. The van der Waals surface area contributed by atoms with Crippen LogP contribution in [0.3, 0.4) is 0 Å². The zero-order chi connectivity index (χ0) is 13.0. The molecule has 1 saturated heterocycles. The predicted molar refractivity (Wildman–Crippen MR) is 75.6 cm³/mol. The summed E-state index contributed by atoms with van der Waals surface area (Å²) in [5, 5.41) is 10.1. The van der Waals surface area contributed by atoms with Crippen molar-refractivity contribution in [3.63, 3.8) is 0 Å². The summed E-state index contributed by atoms with van der Waals surface area (Å²) in [5.74, 6) is 0. The first-order chi connectivity index (χ1) is 8.66. The topological polar surface area (TPSA) is 32.7 Å². The first-order valence-electron chi connectivity index (χ1n) is 6.38. The molecular formula is C14H20BrNO2. The number of halogens is 1. The fourth-order valence-electron chi connectivity index (χ4n) is 2.23. The number of aliphatic hydroxyl groups is 1. The first kappa shape index (κ1) is 14.0. The molecule has 0 spiro atoms. The highest BCUT2D eigenvalue weighted by Gasteiger charge is 2.20. The van der Waals surface area contributed by atoms with E-state index in [1.807, 2.05) is 24.3 Å². The lowest BCUT2D eigenvalue weighted by Crippen LogP contribution is -2.33. The minimum Gasteiger partial charge on any atom is -0.388 e. The van der Waals surface area contributed by atoms with Crippen molar-refractivity contribution in [1.29, 1.82) is 0 Å². The lowest BCUT2D eigenvalue weighted by molar-refractivity contribution is 0.124. The number of likely N-dealkylation sites (N-methyl/N-ethyl adjacent to an activating group) is 1. The van der Waals surface area contributed by atoms with E-state index in [2.05, 4.69) is 27.9 Å². The molecule has 4 heteroatoms. The molecule has 0 amide bonds. The maximum Gasteiger partial charge on any atom is 0.0802 e. The van der Waals surface area contributed by atoms with E-state index in [0.29, 0.717) is 6.04 Å². The second-order valence-corrected chi connectivity index (χ2v) is 5.77. The Kier molecular flexibility index (Phi) is 5.18. The first-order valence-corrected chi connectivity index (χ1v) is 7.17. The van der Waals surface area contributed by atoms with Crippen LogP contribution in [0.4, 0.5) is 0 Å². The number of hydrogen-bond acceptors (Lipinski definition) is 3. The Bertz CT molecular complexity index is 363. The molecule has 1 heterocycles. The van der Waals surface area contributed by atoms with Gasteiger partial charge in [-0.15, -0.1) is 0 Å². The quantitative estimate of drug-likeness (QED) is 0.907. The fraction of sp³-hybridized carbons (Fsp3) is 0.571. The van der Waals surface area contributed by atoms with E-state index in [0.717, 1.165) is 42.6 Å². The van der Waals surface area contributed by atoms with Gasteiger partial charge >= 0.3 is 0 Å². The summed E-state index contributed by atoms with van der Waals surface area (Å²) in [6.45, 7) is 2.58. The van der Waals surface area contributed by atoms with Crippen LogP contribution in [0.1, 0.15) is 24.5 Å². The van der Waals surface area contributed by atoms with Crippen molar-refractivity contribution in [2.75, 3.05) is 26.8 Å². The van der Waals surface area contributed by atoms with E-state index in [-0.39, 0.29) is 6.10 Å². The van der Waals surface area contributed by atoms with Gasteiger partial charge in [0.2, 0.25) is 0 Å². The van der Waals surface area contributed by atoms with E-state index in [9.17, 15) is 5.11 Å². The van der Waals surface area contributed by atoms with Gasteiger partial charge in [0, 0.05) is 23.7 Å². The van der Waals surface area contributed by atoms with Gasteiger partial charge in [-0.2, -0.15) is 0 Å². The van der Waals surface area contributed by atoms with Gasteiger partial charge in [0.25, 0.3) is 0 Å². The molecule has 18 heavy (non-hydrogen) atoms. The van der Waals surface area contributed by atoms with Crippen molar-refractivity contribution in [3.8, 4) is 0 Å². The van der Waals surface area contributed by atoms with Gasteiger partial charge in [-0.1, -0.05) is 28.1 Å². The smallest absolute Gasteiger partial charge is 0.0802 e. The SMILES string of the molecule is CN(CCC(O)c1ccc(Br)cc1)C1CCOC1. The molecule has 1 aliphatic heterocycles. The van der Waals surface area contributed by atoms with Crippen molar-refractivity contribution >= 4 is 15.9 Å². The van der Waals surface area contributed by atoms with Crippen LogP contribution in [0.2, 0.25) is 0 Å². The Morgan fingerprint density at radius 1 is 1.44 bits per heavy atom. The predicted octanol–water partition coefficient (Wildman–Crippen LogP) is 2.59. The van der Waals surface area contributed by atoms with E-state index >= 15 is 0 Å². The Balaban J connectivity index is 1.80. The van der Waals surface area contributed by atoms with Crippen LogP contribution in [0.15, 0.2) is 28.7 Å². The van der Waals surface area contributed by atoms with E-state index in [4.69, 9.17) is 4.74 Å². The Hall–Kier alpha value is -0.420. The van der Waals surface area contributed by atoms with Crippen molar-refractivity contribution in [3.05, 3.63) is 34.3 Å². The second kappa shape index (κ2) is 6.66. The molecule has 2 atom stereocenters. The van der Waals surface area contributed by atoms with Gasteiger partial charge in [0.05, 0.1) is 12.7 Å². The number of benzene rings is 1. The van der Waals surface area contributed by atoms with Gasteiger partial charge < -0.3 is 14.7 Å². The molecule has 2 rings (SSSR count).